The summed E-state index contributed by atoms with van der Waals surface area (Å²) in [5.74, 6) is 0.387. The third kappa shape index (κ3) is 3.24. The van der Waals surface area contributed by atoms with E-state index in [0.717, 1.165) is 29.6 Å². The predicted octanol–water partition coefficient (Wildman–Crippen LogP) is 3.94. The number of amides is 1. The zero-order valence-electron chi connectivity index (χ0n) is 13.3. The van der Waals surface area contributed by atoms with Crippen LogP contribution in [-0.2, 0) is 4.74 Å². The molecule has 1 fully saturated rings. The lowest BCUT2D eigenvalue weighted by atomic mass is 9.93. The molecule has 3 rings (SSSR count). The maximum absolute atomic E-state index is 12.1. The van der Waals surface area contributed by atoms with Crippen molar-refractivity contribution in [3.8, 4) is 0 Å². The van der Waals surface area contributed by atoms with E-state index in [1.165, 1.54) is 0 Å². The topological polar surface area (TPSA) is 55.6 Å². The maximum Gasteiger partial charge on any atom is 0.410 e. The van der Waals surface area contributed by atoms with Crippen molar-refractivity contribution in [2.75, 3.05) is 13.1 Å². The van der Waals surface area contributed by atoms with Crippen LogP contribution in [0.25, 0.3) is 11.1 Å². The van der Waals surface area contributed by atoms with Crippen molar-refractivity contribution < 1.29 is 13.9 Å². The van der Waals surface area contributed by atoms with Crippen LogP contribution in [-0.4, -0.2) is 34.7 Å². The van der Waals surface area contributed by atoms with Gasteiger partial charge in [0.05, 0.1) is 6.26 Å². The molecule has 22 heavy (non-hydrogen) atoms. The fourth-order valence-electron chi connectivity index (χ4n) is 2.78. The second-order valence-electron chi connectivity index (χ2n) is 6.78. The number of likely N-dealkylation sites (tertiary alicyclic amines) is 1. The molecule has 0 unspecified atom stereocenters. The van der Waals surface area contributed by atoms with Crippen LogP contribution in [0, 0.1) is 0 Å². The van der Waals surface area contributed by atoms with Crippen molar-refractivity contribution in [2.45, 2.75) is 45.1 Å². The van der Waals surface area contributed by atoms with Crippen LogP contribution in [0.1, 0.15) is 45.2 Å². The van der Waals surface area contributed by atoms with Gasteiger partial charge >= 0.3 is 6.09 Å². The van der Waals surface area contributed by atoms with E-state index < -0.39 is 5.60 Å². The number of carbonyl (C=O) groups excluding carboxylic acids is 1. The SMILES string of the molecule is CC(C)(C)OC(=O)N1CCC(c2ccc3occc3n2)CC1. The fourth-order valence-corrected chi connectivity index (χ4v) is 2.78. The molecule has 0 atom stereocenters. The highest BCUT2D eigenvalue weighted by molar-refractivity contribution is 5.72. The Balaban J connectivity index is 1.62. The largest absolute Gasteiger partial charge is 0.463 e. The molecule has 1 amide bonds. The summed E-state index contributed by atoms with van der Waals surface area (Å²) in [6.07, 6.45) is 3.27. The smallest absolute Gasteiger partial charge is 0.410 e. The lowest BCUT2D eigenvalue weighted by Crippen LogP contribution is -2.41. The molecule has 1 aliphatic rings. The minimum Gasteiger partial charge on any atom is -0.463 e. The number of rotatable bonds is 1. The number of aromatic nitrogens is 1. The summed E-state index contributed by atoms with van der Waals surface area (Å²) in [6, 6.07) is 5.88. The maximum atomic E-state index is 12.1. The Morgan fingerprint density at radius 3 is 2.68 bits per heavy atom. The summed E-state index contributed by atoms with van der Waals surface area (Å²) in [7, 11) is 0. The average molecular weight is 302 g/mol. The van der Waals surface area contributed by atoms with Crippen LogP contribution in [0.2, 0.25) is 0 Å². The normalized spacial score (nSPS) is 17.0. The second-order valence-corrected chi connectivity index (χ2v) is 6.78. The van der Waals surface area contributed by atoms with Crippen LogP contribution in [0.3, 0.4) is 0 Å². The van der Waals surface area contributed by atoms with E-state index in [4.69, 9.17) is 9.15 Å². The molecule has 2 aromatic rings. The number of pyridine rings is 1. The van der Waals surface area contributed by atoms with E-state index in [1.807, 2.05) is 39.0 Å². The van der Waals surface area contributed by atoms with Crippen LogP contribution in [0.5, 0.6) is 0 Å². The molecule has 0 N–H and O–H groups in total. The van der Waals surface area contributed by atoms with Gasteiger partial charge in [-0.3, -0.25) is 0 Å². The Hall–Kier alpha value is -2.04. The van der Waals surface area contributed by atoms with Gasteiger partial charge in [-0.1, -0.05) is 0 Å². The van der Waals surface area contributed by atoms with Crippen LogP contribution >= 0.6 is 0 Å². The number of ether oxygens (including phenoxy) is 1. The van der Waals surface area contributed by atoms with Crippen molar-refractivity contribution in [1.82, 2.24) is 9.88 Å². The molecule has 0 radical (unpaired) electrons. The summed E-state index contributed by atoms with van der Waals surface area (Å²) in [4.78, 5) is 18.5. The molecule has 5 heteroatoms. The highest BCUT2D eigenvalue weighted by atomic mass is 16.6. The van der Waals surface area contributed by atoms with Gasteiger partial charge in [0.1, 0.15) is 11.1 Å². The molecule has 0 saturated carbocycles. The highest BCUT2D eigenvalue weighted by Crippen LogP contribution is 2.29. The van der Waals surface area contributed by atoms with Gasteiger partial charge in [0.15, 0.2) is 5.58 Å². The quantitative estimate of drug-likeness (QED) is 0.800. The number of hydrogen-bond acceptors (Lipinski definition) is 4. The van der Waals surface area contributed by atoms with Crippen molar-refractivity contribution in [1.29, 1.82) is 0 Å². The summed E-state index contributed by atoms with van der Waals surface area (Å²) < 4.78 is 10.7. The number of nitrogens with zero attached hydrogens (tertiary/aromatic N) is 2. The van der Waals surface area contributed by atoms with Gasteiger partial charge in [0, 0.05) is 30.8 Å². The van der Waals surface area contributed by atoms with Gasteiger partial charge < -0.3 is 14.1 Å². The summed E-state index contributed by atoms with van der Waals surface area (Å²) >= 11 is 0. The van der Waals surface area contributed by atoms with E-state index >= 15 is 0 Å². The molecule has 0 aliphatic carbocycles. The first-order valence-corrected chi connectivity index (χ1v) is 7.74. The highest BCUT2D eigenvalue weighted by Gasteiger charge is 2.28. The van der Waals surface area contributed by atoms with Gasteiger partial charge in [-0.2, -0.15) is 0 Å². The molecule has 5 nitrogen and oxygen atoms in total. The zero-order valence-corrected chi connectivity index (χ0v) is 13.3. The Kier molecular flexibility index (Phi) is 3.81. The Morgan fingerprint density at radius 2 is 2.00 bits per heavy atom. The second kappa shape index (κ2) is 5.63. The summed E-state index contributed by atoms with van der Waals surface area (Å²) in [5.41, 5.74) is 2.35. The van der Waals surface area contributed by atoms with E-state index in [1.54, 1.807) is 11.2 Å². The number of furan rings is 1. The Morgan fingerprint density at radius 1 is 1.27 bits per heavy atom. The van der Waals surface area contributed by atoms with Gasteiger partial charge in [-0.25, -0.2) is 9.78 Å². The zero-order chi connectivity index (χ0) is 15.7. The molecular weight excluding hydrogens is 280 g/mol. The van der Waals surface area contributed by atoms with Crippen molar-refractivity contribution in [2.24, 2.45) is 0 Å². The predicted molar refractivity (Wildman–Crippen MR) is 83.8 cm³/mol. The molecule has 0 aromatic carbocycles. The first-order chi connectivity index (χ1) is 10.4. The van der Waals surface area contributed by atoms with Gasteiger partial charge in [0.2, 0.25) is 0 Å². The van der Waals surface area contributed by atoms with Crippen LogP contribution in [0.4, 0.5) is 4.79 Å². The molecule has 118 valence electrons. The van der Waals surface area contributed by atoms with E-state index in [2.05, 4.69) is 4.98 Å². The average Bonchev–Trinajstić information content (AvgIpc) is 2.93. The third-order valence-corrected chi connectivity index (χ3v) is 3.89. The van der Waals surface area contributed by atoms with E-state index in [0.29, 0.717) is 19.0 Å². The van der Waals surface area contributed by atoms with Crippen LogP contribution in [0.15, 0.2) is 28.9 Å². The molecule has 0 bridgehead atoms. The summed E-state index contributed by atoms with van der Waals surface area (Å²) in [5, 5.41) is 0. The first kappa shape index (κ1) is 14.9. The molecule has 1 saturated heterocycles. The summed E-state index contributed by atoms with van der Waals surface area (Å²) in [6.45, 7) is 7.10. The number of fused-ring (bicyclic) bond motifs is 1. The molecule has 2 aromatic heterocycles. The number of hydrogen-bond donors (Lipinski definition) is 0. The van der Waals surface area contributed by atoms with E-state index in [-0.39, 0.29) is 6.09 Å². The van der Waals surface area contributed by atoms with E-state index in [9.17, 15) is 4.79 Å². The third-order valence-electron chi connectivity index (χ3n) is 3.89. The Labute approximate surface area is 130 Å². The van der Waals surface area contributed by atoms with Gasteiger partial charge in [0.25, 0.3) is 0 Å². The van der Waals surface area contributed by atoms with Gasteiger partial charge in [-0.15, -0.1) is 0 Å². The minimum absolute atomic E-state index is 0.218. The standard InChI is InChI=1S/C17H22N2O3/c1-17(2,3)22-16(20)19-9-6-12(7-10-19)13-4-5-15-14(18-13)8-11-21-15/h4-5,8,11-12H,6-7,9-10H2,1-3H3. The molecule has 0 spiro atoms. The lowest BCUT2D eigenvalue weighted by Gasteiger charge is -2.33. The molecular formula is C17H22N2O3. The van der Waals surface area contributed by atoms with Crippen LogP contribution < -0.4 is 0 Å². The van der Waals surface area contributed by atoms with Crippen molar-refractivity contribution in [3.05, 3.63) is 30.2 Å². The molecule has 1 aliphatic heterocycles. The van der Waals surface area contributed by atoms with Crippen molar-refractivity contribution in [3.63, 3.8) is 0 Å². The first-order valence-electron chi connectivity index (χ1n) is 7.74. The monoisotopic (exact) mass is 302 g/mol. The Bertz CT molecular complexity index is 664. The van der Waals surface area contributed by atoms with Gasteiger partial charge in [-0.05, 0) is 45.7 Å². The molecule has 3 heterocycles. The number of carbonyl (C=O) groups is 1. The van der Waals surface area contributed by atoms with Crippen molar-refractivity contribution >= 4 is 17.2 Å². The minimum atomic E-state index is -0.443. The lowest BCUT2D eigenvalue weighted by molar-refractivity contribution is 0.0204. The number of piperidine rings is 1. The fraction of sp³-hybridized carbons (Fsp3) is 0.529.